The van der Waals surface area contributed by atoms with E-state index >= 15 is 0 Å². The number of ether oxygens (including phenoxy) is 3. The lowest BCUT2D eigenvalue weighted by Crippen LogP contribution is -2.22. The molecule has 1 aromatic rings. The van der Waals surface area contributed by atoms with Gasteiger partial charge in [0, 0.05) is 6.08 Å². The lowest BCUT2D eigenvalue weighted by molar-refractivity contribution is -0.148. The summed E-state index contributed by atoms with van der Waals surface area (Å²) in [6.45, 7) is 6.43. The van der Waals surface area contributed by atoms with Crippen molar-refractivity contribution in [3.05, 3.63) is 28.8 Å². The van der Waals surface area contributed by atoms with Gasteiger partial charge in [-0.2, -0.15) is 0 Å². The van der Waals surface area contributed by atoms with Gasteiger partial charge >= 0.3 is 5.97 Å². The fourth-order valence-corrected chi connectivity index (χ4v) is 2.00. The molecule has 0 spiro atoms. The van der Waals surface area contributed by atoms with Crippen LogP contribution in [-0.4, -0.2) is 24.8 Å². The minimum Gasteiger partial charge on any atom is -0.486 e. The molecule has 0 bridgehead atoms. The van der Waals surface area contributed by atoms with Gasteiger partial charge in [0.15, 0.2) is 11.5 Å². The van der Waals surface area contributed by atoms with E-state index in [0.717, 1.165) is 5.56 Å². The summed E-state index contributed by atoms with van der Waals surface area (Å²) in [7, 11) is 0. The van der Waals surface area contributed by atoms with Crippen LogP contribution in [0.4, 0.5) is 0 Å². The average molecular weight is 297 g/mol. The molecule has 0 radical (unpaired) electrons. The third kappa shape index (κ3) is 3.90. The van der Waals surface area contributed by atoms with Gasteiger partial charge in [0.25, 0.3) is 0 Å². The summed E-state index contributed by atoms with van der Waals surface area (Å²) in [5.74, 6) is 0.739. The van der Waals surface area contributed by atoms with Crippen LogP contribution in [0.3, 0.4) is 0 Å². The number of carbonyl (C=O) groups excluding carboxylic acids is 1. The predicted molar refractivity (Wildman–Crippen MR) is 77.3 cm³/mol. The predicted octanol–water partition coefficient (Wildman–Crippen LogP) is 3.47. The smallest absolute Gasteiger partial charge is 0.331 e. The number of fused-ring (bicyclic) bond motifs is 1. The molecule has 4 nitrogen and oxygen atoms in total. The lowest BCUT2D eigenvalue weighted by atomic mass is 10.1. The van der Waals surface area contributed by atoms with E-state index in [2.05, 4.69) is 0 Å². The Hall–Kier alpha value is -1.68. The van der Waals surface area contributed by atoms with Crippen molar-refractivity contribution in [3.8, 4) is 11.5 Å². The Morgan fingerprint density at radius 3 is 2.70 bits per heavy atom. The quantitative estimate of drug-likeness (QED) is 0.619. The third-order valence-electron chi connectivity index (χ3n) is 2.44. The maximum Gasteiger partial charge on any atom is 0.331 e. The van der Waals surface area contributed by atoms with Crippen LogP contribution >= 0.6 is 11.6 Å². The second-order valence-corrected chi connectivity index (χ2v) is 5.80. The topological polar surface area (TPSA) is 44.8 Å². The molecule has 1 aromatic carbocycles. The van der Waals surface area contributed by atoms with E-state index in [9.17, 15) is 4.79 Å². The first-order chi connectivity index (χ1) is 9.35. The maximum absolute atomic E-state index is 11.6. The van der Waals surface area contributed by atoms with Gasteiger partial charge in [0.2, 0.25) is 0 Å². The van der Waals surface area contributed by atoms with Gasteiger partial charge in [-0.25, -0.2) is 4.79 Å². The van der Waals surface area contributed by atoms with Gasteiger partial charge in [-0.05, 0) is 44.5 Å². The zero-order chi connectivity index (χ0) is 14.8. The molecule has 1 aliphatic heterocycles. The molecule has 20 heavy (non-hydrogen) atoms. The summed E-state index contributed by atoms with van der Waals surface area (Å²) in [6, 6.07) is 3.50. The summed E-state index contributed by atoms with van der Waals surface area (Å²) in [5.41, 5.74) is 0.247. The highest BCUT2D eigenvalue weighted by Gasteiger charge is 2.17. The van der Waals surface area contributed by atoms with E-state index in [1.54, 1.807) is 18.2 Å². The Balaban J connectivity index is 2.14. The highest BCUT2D eigenvalue weighted by atomic mass is 35.5. The monoisotopic (exact) mass is 296 g/mol. The summed E-state index contributed by atoms with van der Waals surface area (Å²) in [5, 5.41) is 0.464. The van der Waals surface area contributed by atoms with E-state index in [1.165, 1.54) is 6.08 Å². The first kappa shape index (κ1) is 14.7. The molecule has 1 aliphatic rings. The van der Waals surface area contributed by atoms with Gasteiger partial charge in [-0.3, -0.25) is 0 Å². The standard InChI is InChI=1S/C15H17ClO4/c1-15(2,3)20-13(17)5-4-10-8-11(16)14-12(9-10)18-6-7-19-14/h4-5,8-9H,6-7H2,1-3H3/b5-4+. The summed E-state index contributed by atoms with van der Waals surface area (Å²) in [4.78, 5) is 11.6. The molecule has 0 fully saturated rings. The molecule has 0 amide bonds. The van der Waals surface area contributed by atoms with E-state index in [-0.39, 0.29) is 0 Å². The zero-order valence-corrected chi connectivity index (χ0v) is 12.5. The number of halogens is 1. The molecule has 0 saturated carbocycles. The Labute approximate surface area is 123 Å². The van der Waals surface area contributed by atoms with Crippen LogP contribution in [0.1, 0.15) is 26.3 Å². The number of rotatable bonds is 2. The summed E-state index contributed by atoms with van der Waals surface area (Å²) in [6.07, 6.45) is 3.01. The Morgan fingerprint density at radius 1 is 1.30 bits per heavy atom. The number of hydrogen-bond donors (Lipinski definition) is 0. The zero-order valence-electron chi connectivity index (χ0n) is 11.7. The molecule has 0 unspecified atom stereocenters. The molecule has 1 heterocycles. The first-order valence-corrected chi connectivity index (χ1v) is 6.73. The Kier molecular flexibility index (Phi) is 4.23. The van der Waals surface area contributed by atoms with Gasteiger partial charge < -0.3 is 14.2 Å². The lowest BCUT2D eigenvalue weighted by Gasteiger charge is -2.20. The summed E-state index contributed by atoms with van der Waals surface area (Å²) >= 11 is 6.11. The second kappa shape index (κ2) is 5.75. The fourth-order valence-electron chi connectivity index (χ4n) is 1.73. The number of esters is 1. The molecule has 0 saturated heterocycles. The number of carbonyl (C=O) groups is 1. The average Bonchev–Trinajstić information content (AvgIpc) is 2.34. The van der Waals surface area contributed by atoms with Crippen molar-refractivity contribution in [2.45, 2.75) is 26.4 Å². The number of benzene rings is 1. The van der Waals surface area contributed by atoms with Crippen LogP contribution in [-0.2, 0) is 9.53 Å². The molecule has 0 aromatic heterocycles. The van der Waals surface area contributed by atoms with Crippen molar-refractivity contribution in [2.24, 2.45) is 0 Å². The Bertz CT molecular complexity index is 544. The van der Waals surface area contributed by atoms with Crippen molar-refractivity contribution in [1.29, 1.82) is 0 Å². The molecule has 108 valence electrons. The number of hydrogen-bond acceptors (Lipinski definition) is 4. The third-order valence-corrected chi connectivity index (χ3v) is 2.72. The van der Waals surface area contributed by atoms with Crippen molar-refractivity contribution in [3.63, 3.8) is 0 Å². The normalized spacial score (nSPS) is 14.4. The van der Waals surface area contributed by atoms with Gasteiger partial charge in [-0.15, -0.1) is 0 Å². The largest absolute Gasteiger partial charge is 0.486 e. The molecular weight excluding hydrogens is 280 g/mol. The van der Waals surface area contributed by atoms with Crippen LogP contribution in [0.2, 0.25) is 5.02 Å². The van der Waals surface area contributed by atoms with E-state index < -0.39 is 11.6 Å². The van der Waals surface area contributed by atoms with Crippen LogP contribution in [0.15, 0.2) is 18.2 Å². The van der Waals surface area contributed by atoms with Crippen molar-refractivity contribution in [2.75, 3.05) is 13.2 Å². The van der Waals surface area contributed by atoms with Crippen LogP contribution in [0, 0.1) is 0 Å². The highest BCUT2D eigenvalue weighted by molar-refractivity contribution is 6.32. The van der Waals surface area contributed by atoms with E-state index in [4.69, 9.17) is 25.8 Å². The first-order valence-electron chi connectivity index (χ1n) is 6.35. The Morgan fingerprint density at radius 2 is 2.00 bits per heavy atom. The minimum absolute atomic E-state index is 0.400. The highest BCUT2D eigenvalue weighted by Crippen LogP contribution is 2.38. The molecule has 0 N–H and O–H groups in total. The molecule has 2 rings (SSSR count). The minimum atomic E-state index is -0.508. The molecule has 5 heteroatoms. The van der Waals surface area contributed by atoms with E-state index in [0.29, 0.717) is 29.7 Å². The van der Waals surface area contributed by atoms with Gasteiger partial charge in [0.05, 0.1) is 5.02 Å². The van der Waals surface area contributed by atoms with Crippen molar-refractivity contribution in [1.82, 2.24) is 0 Å². The van der Waals surface area contributed by atoms with Crippen LogP contribution in [0.5, 0.6) is 11.5 Å². The second-order valence-electron chi connectivity index (χ2n) is 5.39. The summed E-state index contributed by atoms with van der Waals surface area (Å²) < 4.78 is 16.1. The van der Waals surface area contributed by atoms with Gasteiger partial charge in [0.1, 0.15) is 18.8 Å². The molecule has 0 atom stereocenters. The van der Waals surface area contributed by atoms with Gasteiger partial charge in [-0.1, -0.05) is 11.6 Å². The van der Waals surface area contributed by atoms with Crippen LogP contribution < -0.4 is 9.47 Å². The SMILES string of the molecule is CC(C)(C)OC(=O)/C=C/c1cc(Cl)c2c(c1)OCCO2. The van der Waals surface area contributed by atoms with E-state index in [1.807, 2.05) is 20.8 Å². The van der Waals surface area contributed by atoms with Crippen molar-refractivity contribution < 1.29 is 19.0 Å². The van der Waals surface area contributed by atoms with Crippen molar-refractivity contribution >= 4 is 23.6 Å². The molecular formula is C15H17ClO4. The maximum atomic E-state index is 11.6. The molecule has 0 aliphatic carbocycles. The fraction of sp³-hybridized carbons (Fsp3) is 0.400. The van der Waals surface area contributed by atoms with Crippen LogP contribution in [0.25, 0.3) is 6.08 Å².